The van der Waals surface area contributed by atoms with Crippen molar-refractivity contribution in [1.82, 2.24) is 0 Å². The van der Waals surface area contributed by atoms with Gasteiger partial charge in [-0.25, -0.2) is 4.39 Å². The predicted molar refractivity (Wildman–Crippen MR) is 68.3 cm³/mol. The van der Waals surface area contributed by atoms with Crippen molar-refractivity contribution in [3.63, 3.8) is 0 Å². The second-order valence-corrected chi connectivity index (χ2v) is 4.87. The van der Waals surface area contributed by atoms with E-state index in [-0.39, 0.29) is 5.82 Å². The number of benzene rings is 1. The first-order valence-electron chi connectivity index (χ1n) is 5.10. The molecule has 2 rings (SSSR count). The highest BCUT2D eigenvalue weighted by atomic mass is 32.1. The number of hydrogen-bond acceptors (Lipinski definition) is 3. The molecule has 0 atom stereocenters. The lowest BCUT2D eigenvalue weighted by Crippen LogP contribution is -1.90. The van der Waals surface area contributed by atoms with Gasteiger partial charge in [-0.3, -0.25) is 0 Å². The zero-order chi connectivity index (χ0) is 12.6. The number of hydrogen-bond donors (Lipinski definition) is 1. The smallest absolute Gasteiger partial charge is 0.134 e. The monoisotopic (exact) mass is 246 g/mol. The highest BCUT2D eigenvalue weighted by Gasteiger charge is 2.17. The maximum atomic E-state index is 14.0. The van der Waals surface area contributed by atoms with E-state index in [2.05, 4.69) is 0 Å². The summed E-state index contributed by atoms with van der Waals surface area (Å²) in [5.74, 6) is -0.249. The van der Waals surface area contributed by atoms with Gasteiger partial charge in [0.2, 0.25) is 0 Å². The first-order chi connectivity index (χ1) is 8.06. The van der Waals surface area contributed by atoms with Crippen LogP contribution in [0.4, 0.5) is 10.1 Å². The summed E-state index contributed by atoms with van der Waals surface area (Å²) in [5.41, 5.74) is 8.14. The van der Waals surface area contributed by atoms with Gasteiger partial charge >= 0.3 is 0 Å². The van der Waals surface area contributed by atoms with Crippen LogP contribution in [0.3, 0.4) is 0 Å². The summed E-state index contributed by atoms with van der Waals surface area (Å²) in [4.78, 5) is 1.18. The zero-order valence-electron chi connectivity index (χ0n) is 9.54. The topological polar surface area (TPSA) is 49.8 Å². The van der Waals surface area contributed by atoms with Crippen molar-refractivity contribution in [2.75, 3.05) is 5.73 Å². The number of aryl methyl sites for hydroxylation is 1. The number of nitrogens with zero attached hydrogens (tertiary/aromatic N) is 1. The van der Waals surface area contributed by atoms with E-state index in [1.54, 1.807) is 25.1 Å². The first kappa shape index (κ1) is 11.6. The molecule has 0 unspecified atom stereocenters. The van der Waals surface area contributed by atoms with Gasteiger partial charge in [-0.2, -0.15) is 5.26 Å². The van der Waals surface area contributed by atoms with Gasteiger partial charge in [-0.15, -0.1) is 11.3 Å². The maximum Gasteiger partial charge on any atom is 0.134 e. The van der Waals surface area contributed by atoms with Crippen LogP contribution in [0, 0.1) is 31.0 Å². The zero-order valence-corrected chi connectivity index (χ0v) is 10.4. The minimum Gasteiger partial charge on any atom is -0.397 e. The molecule has 1 heterocycles. The molecule has 0 fully saturated rings. The van der Waals surface area contributed by atoms with E-state index >= 15 is 0 Å². The molecule has 2 aromatic rings. The second kappa shape index (κ2) is 4.19. The third kappa shape index (κ3) is 1.79. The second-order valence-electron chi connectivity index (χ2n) is 3.85. The van der Waals surface area contributed by atoms with E-state index in [0.29, 0.717) is 21.7 Å². The summed E-state index contributed by atoms with van der Waals surface area (Å²) in [6, 6.07) is 7.26. The van der Waals surface area contributed by atoms with Gasteiger partial charge in [-0.1, -0.05) is 18.2 Å². The highest BCUT2D eigenvalue weighted by molar-refractivity contribution is 7.16. The van der Waals surface area contributed by atoms with Crippen LogP contribution < -0.4 is 5.73 Å². The van der Waals surface area contributed by atoms with Crippen molar-refractivity contribution in [3.05, 3.63) is 40.0 Å². The van der Waals surface area contributed by atoms with Crippen LogP contribution in [0.2, 0.25) is 0 Å². The van der Waals surface area contributed by atoms with Crippen molar-refractivity contribution in [3.8, 4) is 16.5 Å². The molecule has 0 spiro atoms. The predicted octanol–water partition coefficient (Wildman–Crippen LogP) is 3.62. The van der Waals surface area contributed by atoms with E-state index in [9.17, 15) is 4.39 Å². The third-order valence-electron chi connectivity index (χ3n) is 2.73. The van der Waals surface area contributed by atoms with E-state index in [0.717, 1.165) is 10.4 Å². The van der Waals surface area contributed by atoms with Crippen molar-refractivity contribution >= 4 is 17.0 Å². The van der Waals surface area contributed by atoms with Gasteiger partial charge in [0.05, 0.1) is 5.69 Å². The standard InChI is InChI=1S/C13H11FN2S/c1-7-4-3-5-9(11(7)14)13-8(2)12(16)10(6-15)17-13/h3-5H,16H2,1-2H3. The fourth-order valence-electron chi connectivity index (χ4n) is 1.69. The number of nitrogen functional groups attached to an aromatic ring is 1. The lowest BCUT2D eigenvalue weighted by atomic mass is 10.1. The molecule has 0 aliphatic rings. The van der Waals surface area contributed by atoms with E-state index in [4.69, 9.17) is 11.0 Å². The molecule has 2 N–H and O–H groups in total. The summed E-state index contributed by atoms with van der Waals surface area (Å²) in [6.45, 7) is 3.53. The van der Waals surface area contributed by atoms with Crippen LogP contribution in [0.25, 0.3) is 10.4 Å². The van der Waals surface area contributed by atoms with Gasteiger partial charge in [0, 0.05) is 10.4 Å². The SMILES string of the molecule is Cc1cccc(-c2sc(C#N)c(N)c2C)c1F. The van der Waals surface area contributed by atoms with Gasteiger partial charge in [0.15, 0.2) is 0 Å². The molecular formula is C13H11FN2S. The lowest BCUT2D eigenvalue weighted by Gasteiger charge is -2.04. The molecule has 86 valence electrons. The maximum absolute atomic E-state index is 14.0. The number of nitrogens with two attached hydrogens (primary N) is 1. The Hall–Kier alpha value is -1.86. The van der Waals surface area contributed by atoms with Crippen LogP contribution in [0.1, 0.15) is 16.0 Å². The van der Waals surface area contributed by atoms with Crippen molar-refractivity contribution in [1.29, 1.82) is 5.26 Å². The molecule has 0 aliphatic heterocycles. The lowest BCUT2D eigenvalue weighted by molar-refractivity contribution is 0.622. The van der Waals surface area contributed by atoms with E-state index in [1.165, 1.54) is 11.3 Å². The van der Waals surface area contributed by atoms with Crippen LogP contribution in [-0.4, -0.2) is 0 Å². The number of anilines is 1. The molecule has 1 aromatic carbocycles. The molecular weight excluding hydrogens is 235 g/mol. The van der Waals surface area contributed by atoms with Crippen LogP contribution >= 0.6 is 11.3 Å². The molecule has 0 bridgehead atoms. The Balaban J connectivity index is 2.70. The number of nitriles is 1. The Bertz CT molecular complexity index is 623. The largest absolute Gasteiger partial charge is 0.397 e. The van der Waals surface area contributed by atoms with Crippen molar-refractivity contribution in [2.24, 2.45) is 0 Å². The Kier molecular flexibility index (Phi) is 2.86. The van der Waals surface area contributed by atoms with Crippen molar-refractivity contribution < 1.29 is 4.39 Å². The Labute approximate surface area is 103 Å². The van der Waals surface area contributed by atoms with Gasteiger partial charge in [0.1, 0.15) is 16.8 Å². The summed E-state index contributed by atoms with van der Waals surface area (Å²) in [7, 11) is 0. The summed E-state index contributed by atoms with van der Waals surface area (Å²) in [5, 5.41) is 8.91. The molecule has 0 amide bonds. The number of thiophene rings is 1. The fraction of sp³-hybridized carbons (Fsp3) is 0.154. The van der Waals surface area contributed by atoms with E-state index in [1.807, 2.05) is 13.0 Å². The van der Waals surface area contributed by atoms with E-state index < -0.39 is 0 Å². The van der Waals surface area contributed by atoms with Crippen molar-refractivity contribution in [2.45, 2.75) is 13.8 Å². The minimum atomic E-state index is -0.249. The normalized spacial score (nSPS) is 10.2. The average molecular weight is 246 g/mol. The van der Waals surface area contributed by atoms with Crippen LogP contribution in [-0.2, 0) is 0 Å². The van der Waals surface area contributed by atoms with Crippen LogP contribution in [0.5, 0.6) is 0 Å². The summed E-state index contributed by atoms with van der Waals surface area (Å²) in [6.07, 6.45) is 0. The Morgan fingerprint density at radius 2 is 2.06 bits per heavy atom. The molecule has 4 heteroatoms. The van der Waals surface area contributed by atoms with Gasteiger partial charge in [-0.05, 0) is 25.0 Å². The van der Waals surface area contributed by atoms with Crippen LogP contribution in [0.15, 0.2) is 18.2 Å². The molecule has 17 heavy (non-hydrogen) atoms. The fourth-order valence-corrected chi connectivity index (χ4v) is 2.73. The van der Waals surface area contributed by atoms with Gasteiger partial charge in [0.25, 0.3) is 0 Å². The molecule has 0 saturated heterocycles. The quantitative estimate of drug-likeness (QED) is 0.835. The first-order valence-corrected chi connectivity index (χ1v) is 5.92. The highest BCUT2D eigenvalue weighted by Crippen LogP contribution is 2.39. The molecule has 0 saturated carbocycles. The summed E-state index contributed by atoms with van der Waals surface area (Å²) < 4.78 is 14.0. The molecule has 1 aromatic heterocycles. The minimum absolute atomic E-state index is 0.249. The average Bonchev–Trinajstić information content (AvgIpc) is 2.60. The Morgan fingerprint density at radius 1 is 1.35 bits per heavy atom. The molecule has 0 radical (unpaired) electrons. The Morgan fingerprint density at radius 3 is 2.65 bits per heavy atom. The number of halogens is 1. The third-order valence-corrected chi connectivity index (χ3v) is 3.98. The molecule has 2 nitrogen and oxygen atoms in total. The number of rotatable bonds is 1. The molecule has 0 aliphatic carbocycles. The summed E-state index contributed by atoms with van der Waals surface area (Å²) >= 11 is 1.24. The van der Waals surface area contributed by atoms with Gasteiger partial charge < -0.3 is 5.73 Å².